The first-order valence-electron chi connectivity index (χ1n) is 14.7. The maximum atomic E-state index is 13.5. The molecule has 1 aliphatic rings. The average molecular weight is 622 g/mol. The zero-order valence-electron chi connectivity index (χ0n) is 25.5. The molecule has 10 nitrogen and oxygen atoms in total. The fourth-order valence-corrected chi connectivity index (χ4v) is 4.40. The largest absolute Gasteiger partial charge is 0.457 e. The summed E-state index contributed by atoms with van der Waals surface area (Å²) in [7, 11) is 0. The van der Waals surface area contributed by atoms with Crippen LogP contribution in [0.4, 0.5) is 0 Å². The highest BCUT2D eigenvalue weighted by atomic mass is 35.5. The highest BCUT2D eigenvalue weighted by Crippen LogP contribution is 2.40. The summed E-state index contributed by atoms with van der Waals surface area (Å²) in [6.45, 7) is 11.1. The van der Waals surface area contributed by atoms with Crippen molar-refractivity contribution in [3.05, 3.63) is 59.1 Å². The van der Waals surface area contributed by atoms with Crippen LogP contribution in [0.2, 0.25) is 5.02 Å². The number of carbonyl (C=O) groups is 2. The van der Waals surface area contributed by atoms with Crippen LogP contribution >= 0.6 is 11.6 Å². The smallest absolute Gasteiger partial charge is 0.453 e. The van der Waals surface area contributed by atoms with Crippen LogP contribution in [0, 0.1) is 11.8 Å². The molecule has 3 rings (SSSR count). The molecule has 0 fully saturated rings. The maximum Gasteiger partial charge on any atom is 0.453 e. The molecule has 1 aliphatic heterocycles. The van der Waals surface area contributed by atoms with Crippen LogP contribution in [-0.4, -0.2) is 74.6 Å². The Bertz CT molecular complexity index is 1150. The second-order valence-electron chi connectivity index (χ2n) is 11.4. The lowest BCUT2D eigenvalue weighted by Gasteiger charge is -2.26. The van der Waals surface area contributed by atoms with Crippen molar-refractivity contribution in [2.24, 2.45) is 11.8 Å². The summed E-state index contributed by atoms with van der Waals surface area (Å²) in [6.07, 6.45) is -0.818. The quantitative estimate of drug-likeness (QED) is 0.137. The molecule has 0 saturated carbocycles. The van der Waals surface area contributed by atoms with Crippen LogP contribution in [0.3, 0.4) is 0 Å². The molecular formula is C32H44ClNO9. The van der Waals surface area contributed by atoms with Gasteiger partial charge in [0.1, 0.15) is 13.2 Å². The molecule has 1 heterocycles. The van der Waals surface area contributed by atoms with Gasteiger partial charge in [-0.3, -0.25) is 0 Å². The van der Waals surface area contributed by atoms with E-state index in [9.17, 15) is 14.7 Å². The number of esters is 2. The third-order valence-electron chi connectivity index (χ3n) is 6.38. The zero-order chi connectivity index (χ0) is 31.4. The highest BCUT2D eigenvalue weighted by molar-refractivity contribution is 6.30. The summed E-state index contributed by atoms with van der Waals surface area (Å²) in [6, 6.07) is 13.5. The Morgan fingerprint density at radius 1 is 0.884 bits per heavy atom. The monoisotopic (exact) mass is 621 g/mol. The number of ether oxygens (including phenoxy) is 6. The van der Waals surface area contributed by atoms with Crippen LogP contribution in [0.15, 0.2) is 48.5 Å². The van der Waals surface area contributed by atoms with Crippen molar-refractivity contribution in [3.63, 3.8) is 0 Å². The van der Waals surface area contributed by atoms with Gasteiger partial charge in [-0.25, -0.2) is 9.59 Å². The van der Waals surface area contributed by atoms with Crippen molar-refractivity contribution in [3.8, 4) is 11.5 Å². The zero-order valence-corrected chi connectivity index (χ0v) is 26.3. The Hall–Kier alpha value is -2.89. The number of aliphatic hydroxyl groups is 1. The minimum Gasteiger partial charge on any atom is -0.457 e. The number of aliphatic hydroxyl groups excluding tert-OH is 1. The minimum absolute atomic E-state index is 0.0893. The summed E-state index contributed by atoms with van der Waals surface area (Å²) < 4.78 is 33.9. The molecule has 0 amide bonds. The number of halogens is 1. The molecule has 2 N–H and O–H groups in total. The fourth-order valence-electron chi connectivity index (χ4n) is 4.21. The minimum atomic E-state index is -2.45. The van der Waals surface area contributed by atoms with Gasteiger partial charge in [0.2, 0.25) is 0 Å². The van der Waals surface area contributed by atoms with E-state index in [1.165, 1.54) is 0 Å². The first-order chi connectivity index (χ1) is 20.5. The number of fused-ring (bicyclic) bond motifs is 1. The van der Waals surface area contributed by atoms with Crippen molar-refractivity contribution in [2.75, 3.05) is 39.6 Å². The van der Waals surface area contributed by atoms with Crippen molar-refractivity contribution >= 4 is 23.5 Å². The Morgan fingerprint density at radius 2 is 1.53 bits per heavy atom. The third kappa shape index (κ3) is 10.7. The molecule has 3 unspecified atom stereocenters. The highest BCUT2D eigenvalue weighted by Gasteiger charge is 2.60. The molecule has 2 aromatic rings. The standard InChI is InChI=1S/C32H44ClNO9/c1-21(2)18-38-13-14-39-30(36)32(42-28-11-6-7-12-29(28)43-32)31(37)41-20-26(40-19-22(3)4)15-23(5)34-17-27(35)24-9-8-10-25(33)16-24/h6-12,16,21-23,26-27,34-35H,13-15,17-20H2,1-5H3. The molecule has 0 bridgehead atoms. The van der Waals surface area contributed by atoms with Crippen LogP contribution < -0.4 is 14.8 Å². The van der Waals surface area contributed by atoms with E-state index < -0.39 is 29.9 Å². The second kappa shape index (κ2) is 16.8. The summed E-state index contributed by atoms with van der Waals surface area (Å²) in [5, 5.41) is 14.4. The number of para-hydroxylation sites is 2. The van der Waals surface area contributed by atoms with E-state index in [4.69, 9.17) is 40.0 Å². The Balaban J connectivity index is 1.62. The first-order valence-corrected chi connectivity index (χ1v) is 15.1. The molecule has 43 heavy (non-hydrogen) atoms. The summed E-state index contributed by atoms with van der Waals surface area (Å²) >= 11 is 6.05. The number of hydrogen-bond acceptors (Lipinski definition) is 10. The van der Waals surface area contributed by atoms with Gasteiger partial charge in [0.05, 0.1) is 18.8 Å². The molecule has 0 saturated heterocycles. The van der Waals surface area contributed by atoms with Gasteiger partial charge in [0.15, 0.2) is 11.5 Å². The van der Waals surface area contributed by atoms with Crippen molar-refractivity contribution in [1.82, 2.24) is 5.32 Å². The third-order valence-corrected chi connectivity index (χ3v) is 6.62. The van der Waals surface area contributed by atoms with Gasteiger partial charge in [0.25, 0.3) is 0 Å². The summed E-state index contributed by atoms with van der Waals surface area (Å²) in [5.41, 5.74) is 0.704. The predicted molar refractivity (Wildman–Crippen MR) is 161 cm³/mol. The van der Waals surface area contributed by atoms with E-state index in [0.717, 1.165) is 0 Å². The lowest BCUT2D eigenvalue weighted by Crippen LogP contribution is -2.56. The molecular weight excluding hydrogens is 578 g/mol. The van der Waals surface area contributed by atoms with E-state index in [1.54, 1.807) is 42.5 Å². The topological polar surface area (TPSA) is 122 Å². The molecule has 2 aromatic carbocycles. The van der Waals surface area contributed by atoms with E-state index in [1.807, 2.05) is 40.7 Å². The average Bonchev–Trinajstić information content (AvgIpc) is 3.38. The Morgan fingerprint density at radius 3 is 2.16 bits per heavy atom. The normalized spacial score (nSPS) is 15.7. The van der Waals surface area contributed by atoms with Gasteiger partial charge >= 0.3 is 17.7 Å². The number of benzene rings is 2. The van der Waals surface area contributed by atoms with E-state index >= 15 is 0 Å². The Labute approximate surface area is 258 Å². The number of hydrogen-bond donors (Lipinski definition) is 2. The Kier molecular flexibility index (Phi) is 13.5. The summed E-state index contributed by atoms with van der Waals surface area (Å²) in [4.78, 5) is 26.7. The molecule has 0 aromatic heterocycles. The van der Waals surface area contributed by atoms with Gasteiger partial charge in [-0.05, 0) is 55.0 Å². The number of carbonyl (C=O) groups excluding carboxylic acids is 2. The lowest BCUT2D eigenvalue weighted by atomic mass is 10.1. The van der Waals surface area contributed by atoms with E-state index in [0.29, 0.717) is 36.1 Å². The van der Waals surface area contributed by atoms with Gasteiger partial charge in [0, 0.05) is 30.8 Å². The van der Waals surface area contributed by atoms with E-state index in [2.05, 4.69) is 5.32 Å². The maximum absolute atomic E-state index is 13.5. The predicted octanol–water partition coefficient (Wildman–Crippen LogP) is 4.71. The van der Waals surface area contributed by atoms with E-state index in [-0.39, 0.29) is 49.8 Å². The van der Waals surface area contributed by atoms with Crippen LogP contribution in [0.1, 0.15) is 52.7 Å². The van der Waals surface area contributed by atoms with Crippen LogP contribution in [0.5, 0.6) is 11.5 Å². The van der Waals surface area contributed by atoms with Gasteiger partial charge in [-0.1, -0.05) is 63.6 Å². The molecule has 0 radical (unpaired) electrons. The molecule has 238 valence electrons. The van der Waals surface area contributed by atoms with Crippen LogP contribution in [-0.2, 0) is 28.5 Å². The molecule has 3 atom stereocenters. The van der Waals surface area contributed by atoms with Gasteiger partial charge in [-0.15, -0.1) is 0 Å². The second-order valence-corrected chi connectivity index (χ2v) is 11.9. The lowest BCUT2D eigenvalue weighted by molar-refractivity contribution is -0.205. The van der Waals surface area contributed by atoms with Crippen molar-refractivity contribution in [1.29, 1.82) is 0 Å². The fraction of sp³-hybridized carbons (Fsp3) is 0.562. The number of nitrogens with one attached hydrogen (secondary N) is 1. The van der Waals surface area contributed by atoms with Crippen LogP contribution in [0.25, 0.3) is 0 Å². The van der Waals surface area contributed by atoms with Crippen molar-refractivity contribution in [2.45, 2.75) is 65.1 Å². The number of rotatable bonds is 18. The molecule has 0 aliphatic carbocycles. The summed E-state index contributed by atoms with van der Waals surface area (Å²) in [5.74, 6) is -3.54. The SMILES string of the molecule is CC(C)COCCOC(=O)C1(C(=O)OCC(CC(C)NCC(O)c2cccc(Cl)c2)OCC(C)C)Oc2ccccc2O1. The molecule has 11 heteroatoms. The van der Waals surface area contributed by atoms with Gasteiger partial charge in [-0.2, -0.15) is 0 Å². The van der Waals surface area contributed by atoms with Crippen molar-refractivity contribution < 1.29 is 43.1 Å². The van der Waals surface area contributed by atoms with Gasteiger partial charge < -0.3 is 38.8 Å². The molecule has 0 spiro atoms. The first kappa shape index (κ1) is 34.6.